The Morgan fingerprint density at radius 2 is 1.85 bits per heavy atom. The van der Waals surface area contributed by atoms with Crippen LogP contribution in [0.5, 0.6) is 0 Å². The summed E-state index contributed by atoms with van der Waals surface area (Å²) in [6.07, 6.45) is 2.25. The van der Waals surface area contributed by atoms with Crippen LogP contribution in [0.4, 0.5) is 0 Å². The van der Waals surface area contributed by atoms with Crippen molar-refractivity contribution >= 4 is 11.9 Å². The number of amides is 1. The van der Waals surface area contributed by atoms with E-state index in [4.69, 9.17) is 9.84 Å². The number of rotatable bonds is 8. The molecule has 3 rings (SSSR count). The van der Waals surface area contributed by atoms with Crippen molar-refractivity contribution in [3.63, 3.8) is 0 Å². The molecule has 1 amide bonds. The Kier molecular flexibility index (Phi) is 6.24. The highest BCUT2D eigenvalue weighted by atomic mass is 16.5. The first-order chi connectivity index (χ1) is 13.1. The lowest BCUT2D eigenvalue weighted by Gasteiger charge is -2.28. The smallest absolute Gasteiger partial charge is 0.333 e. The molecule has 2 aromatic rings. The lowest BCUT2D eigenvalue weighted by atomic mass is 9.98. The molecule has 1 aliphatic rings. The van der Waals surface area contributed by atoms with E-state index in [2.05, 4.69) is 0 Å². The number of carbonyl (C=O) groups is 2. The molecule has 0 saturated heterocycles. The first-order valence-electron chi connectivity index (χ1n) is 9.29. The lowest BCUT2D eigenvalue weighted by Crippen LogP contribution is -2.38. The first-order valence-corrected chi connectivity index (χ1v) is 9.29. The highest BCUT2D eigenvalue weighted by Gasteiger charge is 2.23. The summed E-state index contributed by atoms with van der Waals surface area (Å²) in [5.74, 6) is -0.819. The van der Waals surface area contributed by atoms with Gasteiger partial charge in [-0.15, -0.1) is 0 Å². The van der Waals surface area contributed by atoms with Crippen LogP contribution in [-0.2, 0) is 28.8 Å². The molecule has 5 nitrogen and oxygen atoms in total. The van der Waals surface area contributed by atoms with Crippen molar-refractivity contribution in [3.8, 4) is 0 Å². The third-order valence-electron chi connectivity index (χ3n) is 5.08. The van der Waals surface area contributed by atoms with Gasteiger partial charge in [-0.1, -0.05) is 42.5 Å². The van der Waals surface area contributed by atoms with E-state index < -0.39 is 12.1 Å². The zero-order valence-electron chi connectivity index (χ0n) is 15.6. The van der Waals surface area contributed by atoms with E-state index in [9.17, 15) is 9.59 Å². The summed E-state index contributed by atoms with van der Waals surface area (Å²) in [5.41, 5.74) is 4.10. The van der Waals surface area contributed by atoms with E-state index in [0.717, 1.165) is 49.0 Å². The summed E-state index contributed by atoms with van der Waals surface area (Å²) < 4.78 is 4.98. The van der Waals surface area contributed by atoms with Gasteiger partial charge in [0.25, 0.3) is 5.91 Å². The Hall–Kier alpha value is -2.66. The summed E-state index contributed by atoms with van der Waals surface area (Å²) in [7, 11) is 1.41. The number of nitrogens with zero attached hydrogens (tertiary/aromatic N) is 1. The zero-order chi connectivity index (χ0) is 19.2. The molecule has 1 N–H and O–H groups in total. The standard InChI is InChI=1S/C22H25NO4/c1-27-20(22(25)26)15-17-10-8-16(9-11-17)5-4-13-23-14-12-18-6-2-3-7-19(18)21(23)24/h2-3,6-11,20H,4-5,12-15H2,1H3,(H,25,26). The van der Waals surface area contributed by atoms with Crippen LogP contribution in [0.1, 0.15) is 33.5 Å². The van der Waals surface area contributed by atoms with Crippen LogP contribution in [0, 0.1) is 0 Å². The Morgan fingerprint density at radius 1 is 1.15 bits per heavy atom. The molecule has 5 heteroatoms. The van der Waals surface area contributed by atoms with Gasteiger partial charge >= 0.3 is 5.97 Å². The minimum atomic E-state index is -0.950. The van der Waals surface area contributed by atoms with Crippen molar-refractivity contribution in [3.05, 3.63) is 70.8 Å². The predicted octanol–water partition coefficient (Wildman–Crippen LogP) is 2.96. The van der Waals surface area contributed by atoms with Crippen molar-refractivity contribution < 1.29 is 19.4 Å². The Bertz CT molecular complexity index is 800. The number of aliphatic carboxylic acids is 1. The molecule has 0 saturated carbocycles. The second kappa shape index (κ2) is 8.82. The fraction of sp³-hybridized carbons (Fsp3) is 0.364. The van der Waals surface area contributed by atoms with Gasteiger partial charge in [-0.25, -0.2) is 4.79 Å². The Morgan fingerprint density at radius 3 is 2.56 bits per heavy atom. The third kappa shape index (κ3) is 4.74. The zero-order valence-corrected chi connectivity index (χ0v) is 15.6. The van der Waals surface area contributed by atoms with Crippen LogP contribution >= 0.6 is 0 Å². The molecule has 0 fully saturated rings. The molecule has 0 radical (unpaired) electrons. The van der Waals surface area contributed by atoms with Crippen molar-refractivity contribution in [2.45, 2.75) is 31.8 Å². The molecule has 27 heavy (non-hydrogen) atoms. The minimum absolute atomic E-state index is 0.131. The molecular weight excluding hydrogens is 342 g/mol. The Balaban J connectivity index is 1.50. The van der Waals surface area contributed by atoms with Gasteiger partial charge < -0.3 is 14.7 Å². The molecule has 0 aromatic heterocycles. The molecule has 2 aromatic carbocycles. The van der Waals surface area contributed by atoms with Crippen LogP contribution in [-0.4, -0.2) is 48.2 Å². The second-order valence-corrected chi connectivity index (χ2v) is 6.89. The van der Waals surface area contributed by atoms with E-state index >= 15 is 0 Å². The van der Waals surface area contributed by atoms with Crippen molar-refractivity contribution in [2.24, 2.45) is 0 Å². The number of benzene rings is 2. The number of aryl methyl sites for hydroxylation is 1. The average molecular weight is 367 g/mol. The van der Waals surface area contributed by atoms with E-state index in [1.165, 1.54) is 12.7 Å². The van der Waals surface area contributed by atoms with Crippen molar-refractivity contribution in [1.82, 2.24) is 4.90 Å². The normalized spacial score (nSPS) is 14.7. The molecule has 0 spiro atoms. The van der Waals surface area contributed by atoms with Gasteiger partial charge in [0.1, 0.15) is 0 Å². The highest BCUT2D eigenvalue weighted by Crippen LogP contribution is 2.19. The number of hydrogen-bond acceptors (Lipinski definition) is 3. The maximum absolute atomic E-state index is 12.6. The SMILES string of the molecule is COC(Cc1ccc(CCCN2CCc3ccccc3C2=O)cc1)C(=O)O. The van der Waals surface area contributed by atoms with Crippen LogP contribution in [0.15, 0.2) is 48.5 Å². The average Bonchev–Trinajstić information content (AvgIpc) is 2.69. The van der Waals surface area contributed by atoms with E-state index in [0.29, 0.717) is 6.42 Å². The fourth-order valence-corrected chi connectivity index (χ4v) is 3.49. The maximum Gasteiger partial charge on any atom is 0.333 e. The molecule has 1 unspecified atom stereocenters. The summed E-state index contributed by atoms with van der Waals surface area (Å²) in [4.78, 5) is 25.5. The minimum Gasteiger partial charge on any atom is -0.479 e. The number of carboxylic acids is 1. The molecular formula is C22H25NO4. The summed E-state index contributed by atoms with van der Waals surface area (Å²) in [6.45, 7) is 1.53. The summed E-state index contributed by atoms with van der Waals surface area (Å²) in [5, 5.41) is 9.05. The highest BCUT2D eigenvalue weighted by molar-refractivity contribution is 5.96. The van der Waals surface area contributed by atoms with Gasteiger partial charge in [-0.3, -0.25) is 4.79 Å². The largest absolute Gasteiger partial charge is 0.479 e. The summed E-state index contributed by atoms with van der Waals surface area (Å²) in [6, 6.07) is 15.8. The molecule has 1 heterocycles. The fourth-order valence-electron chi connectivity index (χ4n) is 3.49. The number of fused-ring (bicyclic) bond motifs is 1. The first kappa shape index (κ1) is 19.1. The molecule has 1 atom stereocenters. The van der Waals surface area contributed by atoms with Crippen LogP contribution in [0.25, 0.3) is 0 Å². The molecule has 0 aliphatic carbocycles. The quantitative estimate of drug-likeness (QED) is 0.779. The predicted molar refractivity (Wildman–Crippen MR) is 103 cm³/mol. The third-order valence-corrected chi connectivity index (χ3v) is 5.08. The van der Waals surface area contributed by atoms with E-state index in [1.54, 1.807) is 0 Å². The lowest BCUT2D eigenvalue weighted by molar-refractivity contribution is -0.148. The van der Waals surface area contributed by atoms with E-state index in [1.807, 2.05) is 53.4 Å². The number of ether oxygens (including phenoxy) is 1. The second-order valence-electron chi connectivity index (χ2n) is 6.89. The van der Waals surface area contributed by atoms with Gasteiger partial charge in [0.2, 0.25) is 0 Å². The van der Waals surface area contributed by atoms with Gasteiger partial charge in [-0.2, -0.15) is 0 Å². The topological polar surface area (TPSA) is 66.8 Å². The number of hydrogen-bond donors (Lipinski definition) is 1. The molecule has 1 aliphatic heterocycles. The summed E-state index contributed by atoms with van der Waals surface area (Å²) >= 11 is 0. The number of methoxy groups -OCH3 is 1. The Labute approximate surface area is 159 Å². The number of carbonyl (C=O) groups excluding carboxylic acids is 1. The van der Waals surface area contributed by atoms with Crippen LogP contribution < -0.4 is 0 Å². The monoisotopic (exact) mass is 367 g/mol. The van der Waals surface area contributed by atoms with Gasteiger partial charge in [-0.05, 0) is 42.0 Å². The number of carboxylic acid groups (broad SMARTS) is 1. The van der Waals surface area contributed by atoms with E-state index in [-0.39, 0.29) is 5.91 Å². The van der Waals surface area contributed by atoms with Gasteiger partial charge in [0.05, 0.1) is 0 Å². The van der Waals surface area contributed by atoms with Crippen LogP contribution in [0.2, 0.25) is 0 Å². The van der Waals surface area contributed by atoms with Crippen molar-refractivity contribution in [1.29, 1.82) is 0 Å². The molecule has 142 valence electrons. The van der Waals surface area contributed by atoms with Gasteiger partial charge in [0.15, 0.2) is 6.10 Å². The molecule has 0 bridgehead atoms. The maximum atomic E-state index is 12.6. The van der Waals surface area contributed by atoms with Crippen molar-refractivity contribution in [2.75, 3.05) is 20.2 Å². The van der Waals surface area contributed by atoms with Gasteiger partial charge in [0, 0.05) is 32.2 Å². The van der Waals surface area contributed by atoms with Crippen LogP contribution in [0.3, 0.4) is 0 Å².